The number of anilines is 1. The van der Waals surface area contributed by atoms with Crippen LogP contribution < -0.4 is 10.9 Å². The quantitative estimate of drug-likeness (QED) is 0.468. The highest BCUT2D eigenvalue weighted by Crippen LogP contribution is 2.25. The summed E-state index contributed by atoms with van der Waals surface area (Å²) in [6.07, 6.45) is 0. The first kappa shape index (κ1) is 15.9. The number of carbonyl (C=O) groups excluding carboxylic acids is 1. The van der Waals surface area contributed by atoms with Crippen molar-refractivity contribution in [3.8, 4) is 0 Å². The monoisotopic (exact) mass is 484 g/mol. The van der Waals surface area contributed by atoms with Gasteiger partial charge in [0, 0.05) is 13.1 Å². The van der Waals surface area contributed by atoms with Gasteiger partial charge in [0.15, 0.2) is 0 Å². The van der Waals surface area contributed by atoms with Crippen molar-refractivity contribution in [3.63, 3.8) is 0 Å². The molecule has 20 heavy (non-hydrogen) atoms. The molecule has 0 fully saturated rings. The fourth-order valence-electron chi connectivity index (χ4n) is 1.46. The summed E-state index contributed by atoms with van der Waals surface area (Å²) in [6, 6.07) is 10.4. The van der Waals surface area contributed by atoms with Gasteiger partial charge in [-0.3, -0.25) is 15.6 Å². The first-order valence-electron chi connectivity index (χ1n) is 5.44. The van der Waals surface area contributed by atoms with E-state index in [0.717, 1.165) is 8.04 Å². The second kappa shape index (κ2) is 6.98. The van der Waals surface area contributed by atoms with Gasteiger partial charge in [0.05, 0.1) is 16.3 Å². The van der Waals surface area contributed by atoms with Crippen LogP contribution in [0.4, 0.5) is 5.69 Å². The highest BCUT2D eigenvalue weighted by molar-refractivity contribution is 14.1. The molecule has 104 valence electrons. The van der Waals surface area contributed by atoms with Crippen molar-refractivity contribution in [2.75, 3.05) is 5.43 Å². The van der Waals surface area contributed by atoms with Crippen LogP contribution in [0.5, 0.6) is 0 Å². The molecule has 0 bridgehead atoms. The van der Waals surface area contributed by atoms with E-state index in [1.807, 2.05) is 12.1 Å². The molecule has 0 heterocycles. The van der Waals surface area contributed by atoms with Gasteiger partial charge in [0.25, 0.3) is 5.91 Å². The van der Waals surface area contributed by atoms with Crippen LogP contribution >= 0.6 is 61.7 Å². The maximum atomic E-state index is 12.1. The van der Waals surface area contributed by atoms with Gasteiger partial charge in [-0.1, -0.05) is 39.1 Å². The Morgan fingerprint density at radius 1 is 1.15 bits per heavy atom. The fraction of sp³-hybridized carbons (Fsp3) is 0. The van der Waals surface area contributed by atoms with E-state index in [0.29, 0.717) is 21.3 Å². The minimum atomic E-state index is -0.252. The van der Waals surface area contributed by atoms with E-state index in [1.165, 1.54) is 0 Å². The fourth-order valence-corrected chi connectivity index (χ4v) is 3.34. The Labute approximate surface area is 148 Å². The summed E-state index contributed by atoms with van der Waals surface area (Å²) in [6.45, 7) is 0. The smallest absolute Gasteiger partial charge is 0.270 e. The lowest BCUT2D eigenvalue weighted by molar-refractivity contribution is 0.0962. The Morgan fingerprint density at radius 2 is 1.90 bits per heavy atom. The van der Waals surface area contributed by atoms with Crippen LogP contribution in [0.2, 0.25) is 10.0 Å². The molecule has 0 saturated heterocycles. The van der Waals surface area contributed by atoms with E-state index >= 15 is 0 Å². The summed E-state index contributed by atoms with van der Waals surface area (Å²) in [7, 11) is 0. The standard InChI is InChI=1S/C13H8BrCl2IN2O/c14-7-1-3-9(11(17)5-7)13(20)19-18-12-6-8(15)2-4-10(12)16/h1-6,18H,(H,19,20). The first-order chi connectivity index (χ1) is 9.47. The molecule has 0 aliphatic carbocycles. The molecule has 2 aromatic carbocycles. The SMILES string of the molecule is O=C(NNc1cc(Cl)ccc1Cl)c1ccc(Br)cc1I. The topological polar surface area (TPSA) is 41.1 Å². The second-order valence-electron chi connectivity index (χ2n) is 3.83. The van der Waals surface area contributed by atoms with Gasteiger partial charge in [-0.05, 0) is 59.0 Å². The largest absolute Gasteiger partial charge is 0.297 e. The maximum absolute atomic E-state index is 12.1. The molecule has 7 heteroatoms. The van der Waals surface area contributed by atoms with Gasteiger partial charge in [-0.25, -0.2) is 0 Å². The highest BCUT2D eigenvalue weighted by Gasteiger charge is 2.10. The lowest BCUT2D eigenvalue weighted by Crippen LogP contribution is -2.30. The highest BCUT2D eigenvalue weighted by atomic mass is 127. The van der Waals surface area contributed by atoms with Crippen molar-refractivity contribution in [1.82, 2.24) is 5.43 Å². The van der Waals surface area contributed by atoms with Crippen LogP contribution in [0.25, 0.3) is 0 Å². The zero-order chi connectivity index (χ0) is 14.7. The summed E-state index contributed by atoms with van der Waals surface area (Å²) < 4.78 is 1.76. The molecule has 0 spiro atoms. The summed E-state index contributed by atoms with van der Waals surface area (Å²) in [4.78, 5) is 12.1. The minimum Gasteiger partial charge on any atom is -0.297 e. The lowest BCUT2D eigenvalue weighted by Gasteiger charge is -2.11. The van der Waals surface area contributed by atoms with Crippen molar-refractivity contribution >= 4 is 73.3 Å². The number of carbonyl (C=O) groups is 1. The van der Waals surface area contributed by atoms with Crippen LogP contribution in [0, 0.1) is 3.57 Å². The van der Waals surface area contributed by atoms with E-state index in [4.69, 9.17) is 23.2 Å². The number of hydrogen-bond donors (Lipinski definition) is 2. The van der Waals surface area contributed by atoms with Crippen molar-refractivity contribution in [1.29, 1.82) is 0 Å². The van der Waals surface area contributed by atoms with Gasteiger partial charge in [0.1, 0.15) is 0 Å². The number of benzene rings is 2. The van der Waals surface area contributed by atoms with Crippen LogP contribution in [0.3, 0.4) is 0 Å². The zero-order valence-corrected chi connectivity index (χ0v) is 15.1. The van der Waals surface area contributed by atoms with Crippen LogP contribution in [0.1, 0.15) is 10.4 Å². The average Bonchev–Trinajstić information content (AvgIpc) is 2.39. The molecule has 1 amide bonds. The summed E-state index contributed by atoms with van der Waals surface area (Å²) in [5, 5.41) is 1.00. The molecule has 0 unspecified atom stereocenters. The predicted molar refractivity (Wildman–Crippen MR) is 94.4 cm³/mol. The van der Waals surface area contributed by atoms with E-state index in [2.05, 4.69) is 49.4 Å². The molecule has 0 aliphatic heterocycles. The third kappa shape index (κ3) is 4.00. The Kier molecular flexibility index (Phi) is 5.54. The predicted octanol–water partition coefficient (Wildman–Crippen LogP) is 5.12. The normalized spacial score (nSPS) is 10.2. The molecule has 2 rings (SSSR count). The number of hydrogen-bond acceptors (Lipinski definition) is 2. The third-order valence-electron chi connectivity index (χ3n) is 2.41. The Balaban J connectivity index is 2.10. The molecule has 2 aromatic rings. The van der Waals surface area contributed by atoms with E-state index in [1.54, 1.807) is 24.3 Å². The molecule has 2 N–H and O–H groups in total. The van der Waals surface area contributed by atoms with Gasteiger partial charge in [-0.15, -0.1) is 0 Å². The third-order valence-corrected chi connectivity index (χ3v) is 4.37. The number of nitrogens with one attached hydrogen (secondary N) is 2. The van der Waals surface area contributed by atoms with Crippen molar-refractivity contribution in [3.05, 3.63) is 60.0 Å². The summed E-state index contributed by atoms with van der Waals surface area (Å²) in [5.74, 6) is -0.252. The van der Waals surface area contributed by atoms with E-state index in [-0.39, 0.29) is 5.91 Å². The number of amides is 1. The van der Waals surface area contributed by atoms with Crippen LogP contribution in [0.15, 0.2) is 40.9 Å². The average molecular weight is 486 g/mol. The van der Waals surface area contributed by atoms with E-state index in [9.17, 15) is 4.79 Å². The van der Waals surface area contributed by atoms with Gasteiger partial charge < -0.3 is 0 Å². The zero-order valence-electron chi connectivity index (χ0n) is 9.88. The lowest BCUT2D eigenvalue weighted by atomic mass is 10.2. The Hall–Kier alpha value is -0.500. The van der Waals surface area contributed by atoms with Gasteiger partial charge in [-0.2, -0.15) is 0 Å². The molecule has 0 saturated carbocycles. The molecule has 0 atom stereocenters. The number of rotatable bonds is 3. The summed E-state index contributed by atoms with van der Waals surface area (Å²) >= 11 is 17.3. The molecule has 0 radical (unpaired) electrons. The molecular formula is C13H8BrCl2IN2O. The van der Waals surface area contributed by atoms with Crippen LogP contribution in [-0.2, 0) is 0 Å². The van der Waals surface area contributed by atoms with Gasteiger partial charge >= 0.3 is 0 Å². The maximum Gasteiger partial charge on any atom is 0.270 e. The minimum absolute atomic E-state index is 0.252. The van der Waals surface area contributed by atoms with Crippen molar-refractivity contribution in [2.24, 2.45) is 0 Å². The number of halogens is 4. The second-order valence-corrected chi connectivity index (χ2v) is 6.75. The Morgan fingerprint density at radius 3 is 2.60 bits per heavy atom. The summed E-state index contributed by atoms with van der Waals surface area (Å²) in [5.41, 5.74) is 6.46. The molecule has 0 aliphatic rings. The van der Waals surface area contributed by atoms with Gasteiger partial charge in [0.2, 0.25) is 0 Å². The number of hydrazine groups is 1. The van der Waals surface area contributed by atoms with Crippen molar-refractivity contribution < 1.29 is 4.79 Å². The van der Waals surface area contributed by atoms with Crippen LogP contribution in [-0.4, -0.2) is 5.91 Å². The molecule has 3 nitrogen and oxygen atoms in total. The Bertz CT molecular complexity index is 667. The molecule has 0 aromatic heterocycles. The first-order valence-corrected chi connectivity index (χ1v) is 8.06. The van der Waals surface area contributed by atoms with E-state index < -0.39 is 0 Å². The van der Waals surface area contributed by atoms with Crippen molar-refractivity contribution in [2.45, 2.75) is 0 Å². The molecular weight excluding hydrogens is 478 g/mol.